The summed E-state index contributed by atoms with van der Waals surface area (Å²) in [5.41, 5.74) is 1.13. The van der Waals surface area contributed by atoms with Gasteiger partial charge in [0.2, 0.25) is 23.1 Å². The molecule has 0 saturated carbocycles. The first kappa shape index (κ1) is 23.2. The summed E-state index contributed by atoms with van der Waals surface area (Å²) in [6, 6.07) is 4.96. The molecule has 0 bridgehead atoms. The predicted octanol–water partition coefficient (Wildman–Crippen LogP) is 2.75. The molecule has 0 aromatic heterocycles. The Morgan fingerprint density at radius 3 is 2.19 bits per heavy atom. The molecule has 1 aromatic carbocycles. The van der Waals surface area contributed by atoms with Gasteiger partial charge in [-0.2, -0.15) is 0 Å². The number of nitrogens with zero attached hydrogens (tertiary/aromatic N) is 1. The Kier molecular flexibility index (Phi) is 7.12. The van der Waals surface area contributed by atoms with Gasteiger partial charge in [-0.05, 0) is 32.3 Å². The van der Waals surface area contributed by atoms with Gasteiger partial charge >= 0.3 is 5.97 Å². The number of hydrogen-bond donors (Lipinski definition) is 0. The highest BCUT2D eigenvalue weighted by Crippen LogP contribution is 2.33. The second-order valence-electron chi connectivity index (χ2n) is 7.75. The maximum atomic E-state index is 13.2. The average Bonchev–Trinajstić information content (AvgIpc) is 2.79. The number of para-hydroxylation sites is 1. The Morgan fingerprint density at radius 2 is 1.59 bits per heavy atom. The number of rotatable bonds is 6. The monoisotopic (exact) mass is 441 g/mol. The van der Waals surface area contributed by atoms with Crippen LogP contribution in [0.2, 0.25) is 0 Å². The molecule has 1 amide bonds. The van der Waals surface area contributed by atoms with Crippen molar-refractivity contribution in [3.63, 3.8) is 0 Å². The summed E-state index contributed by atoms with van der Waals surface area (Å²) in [6.45, 7) is 4.07. The van der Waals surface area contributed by atoms with Crippen molar-refractivity contribution in [3.05, 3.63) is 52.0 Å². The van der Waals surface area contributed by atoms with E-state index < -0.39 is 17.5 Å². The van der Waals surface area contributed by atoms with Crippen LogP contribution in [0.4, 0.5) is 0 Å². The SMILES string of the molecule is COC1=C(OC)C(=O)C(Cc2cccc(C(=O)N3CCCCC3)c2OC(C)=O)=C(C)C1=O. The number of hydrogen-bond acceptors (Lipinski definition) is 7. The molecule has 0 spiro atoms. The van der Waals surface area contributed by atoms with Crippen molar-refractivity contribution < 1.29 is 33.4 Å². The van der Waals surface area contributed by atoms with E-state index in [4.69, 9.17) is 14.2 Å². The fourth-order valence-electron chi connectivity index (χ4n) is 4.02. The molecule has 2 aliphatic rings. The smallest absolute Gasteiger partial charge is 0.308 e. The number of methoxy groups -OCH3 is 2. The van der Waals surface area contributed by atoms with E-state index in [1.165, 1.54) is 28.1 Å². The quantitative estimate of drug-likeness (QED) is 0.380. The molecule has 3 rings (SSSR count). The highest BCUT2D eigenvalue weighted by molar-refractivity contribution is 6.23. The Hall–Kier alpha value is -3.42. The number of amides is 1. The van der Waals surface area contributed by atoms with Crippen LogP contribution in [-0.2, 0) is 30.3 Å². The molecule has 0 radical (unpaired) electrons. The van der Waals surface area contributed by atoms with Gasteiger partial charge < -0.3 is 19.1 Å². The maximum Gasteiger partial charge on any atom is 0.308 e. The lowest BCUT2D eigenvalue weighted by Crippen LogP contribution is -2.36. The molecular weight excluding hydrogens is 414 g/mol. The zero-order chi connectivity index (χ0) is 23.4. The van der Waals surface area contributed by atoms with Crippen molar-refractivity contribution in [2.75, 3.05) is 27.3 Å². The normalized spacial score (nSPS) is 16.9. The van der Waals surface area contributed by atoms with Crippen LogP contribution in [0.1, 0.15) is 49.0 Å². The van der Waals surface area contributed by atoms with Gasteiger partial charge in [-0.15, -0.1) is 0 Å². The van der Waals surface area contributed by atoms with Gasteiger partial charge in [0.25, 0.3) is 5.91 Å². The van der Waals surface area contributed by atoms with Gasteiger partial charge in [-0.1, -0.05) is 12.1 Å². The summed E-state index contributed by atoms with van der Waals surface area (Å²) in [4.78, 5) is 52.5. The summed E-state index contributed by atoms with van der Waals surface area (Å²) in [5.74, 6) is -1.95. The largest absolute Gasteiger partial charge is 0.489 e. The van der Waals surface area contributed by atoms with Crippen molar-refractivity contribution in [3.8, 4) is 5.75 Å². The molecule has 1 fully saturated rings. The standard InChI is InChI=1S/C24H27NO7/c1-14-18(20(28)23(31-4)22(30-3)19(14)27)13-16-9-8-10-17(21(16)32-15(2)26)24(29)25-11-6-5-7-12-25/h8-10H,5-7,11-13H2,1-4H3. The summed E-state index contributed by atoms with van der Waals surface area (Å²) >= 11 is 0. The summed E-state index contributed by atoms with van der Waals surface area (Å²) in [5, 5.41) is 0. The van der Waals surface area contributed by atoms with Crippen LogP contribution in [0.3, 0.4) is 0 Å². The second-order valence-corrected chi connectivity index (χ2v) is 7.75. The van der Waals surface area contributed by atoms with Gasteiger partial charge in [0.05, 0.1) is 19.8 Å². The third-order valence-corrected chi connectivity index (χ3v) is 5.68. The molecule has 0 unspecified atom stereocenters. The number of carbonyl (C=O) groups is 4. The average molecular weight is 441 g/mol. The van der Waals surface area contributed by atoms with E-state index in [0.29, 0.717) is 18.7 Å². The van der Waals surface area contributed by atoms with Crippen LogP contribution < -0.4 is 4.74 Å². The van der Waals surface area contributed by atoms with E-state index in [1.807, 2.05) is 0 Å². The molecule has 0 atom stereocenters. The molecule has 1 aliphatic carbocycles. The van der Waals surface area contributed by atoms with Crippen molar-refractivity contribution in [2.24, 2.45) is 0 Å². The topological polar surface area (TPSA) is 99.2 Å². The fourth-order valence-corrected chi connectivity index (χ4v) is 4.02. The molecule has 1 saturated heterocycles. The zero-order valence-corrected chi connectivity index (χ0v) is 18.8. The van der Waals surface area contributed by atoms with Gasteiger partial charge in [0.15, 0.2) is 0 Å². The third-order valence-electron chi connectivity index (χ3n) is 5.68. The Bertz CT molecular complexity index is 1030. The van der Waals surface area contributed by atoms with Gasteiger partial charge in [-0.3, -0.25) is 19.2 Å². The number of ketones is 2. The molecule has 32 heavy (non-hydrogen) atoms. The number of piperidine rings is 1. The summed E-state index contributed by atoms with van der Waals surface area (Å²) < 4.78 is 15.7. The maximum absolute atomic E-state index is 13.2. The van der Waals surface area contributed by atoms with E-state index in [1.54, 1.807) is 23.1 Å². The van der Waals surface area contributed by atoms with Crippen LogP contribution in [0.15, 0.2) is 40.9 Å². The lowest BCUT2D eigenvalue weighted by Gasteiger charge is -2.28. The lowest BCUT2D eigenvalue weighted by molar-refractivity contribution is -0.132. The van der Waals surface area contributed by atoms with Crippen molar-refractivity contribution in [1.29, 1.82) is 0 Å². The first-order chi connectivity index (χ1) is 15.3. The molecule has 8 nitrogen and oxygen atoms in total. The minimum Gasteiger partial charge on any atom is -0.489 e. The number of carbonyl (C=O) groups excluding carboxylic acids is 4. The van der Waals surface area contributed by atoms with Crippen molar-refractivity contribution >= 4 is 23.4 Å². The highest BCUT2D eigenvalue weighted by atomic mass is 16.5. The first-order valence-electron chi connectivity index (χ1n) is 10.5. The number of likely N-dealkylation sites (tertiary alicyclic amines) is 1. The third kappa shape index (κ3) is 4.44. The number of esters is 1. The molecule has 1 aliphatic heterocycles. The fraction of sp³-hybridized carbons (Fsp3) is 0.417. The number of benzene rings is 1. The van der Waals surface area contributed by atoms with E-state index in [0.717, 1.165) is 19.3 Å². The Morgan fingerprint density at radius 1 is 0.969 bits per heavy atom. The molecule has 1 heterocycles. The lowest BCUT2D eigenvalue weighted by atomic mass is 9.88. The van der Waals surface area contributed by atoms with E-state index in [2.05, 4.69) is 0 Å². The molecule has 8 heteroatoms. The van der Waals surface area contributed by atoms with Crippen LogP contribution in [0, 0.1) is 0 Å². The highest BCUT2D eigenvalue weighted by Gasteiger charge is 2.35. The molecule has 170 valence electrons. The minimum atomic E-state index is -0.582. The summed E-state index contributed by atoms with van der Waals surface area (Å²) in [7, 11) is 2.59. The predicted molar refractivity (Wildman–Crippen MR) is 115 cm³/mol. The van der Waals surface area contributed by atoms with Crippen molar-refractivity contribution in [1.82, 2.24) is 4.90 Å². The van der Waals surface area contributed by atoms with E-state index in [9.17, 15) is 19.2 Å². The van der Waals surface area contributed by atoms with Gasteiger partial charge in [-0.25, -0.2) is 0 Å². The number of allylic oxidation sites excluding steroid dienone is 2. The molecule has 0 N–H and O–H groups in total. The van der Waals surface area contributed by atoms with E-state index in [-0.39, 0.29) is 46.3 Å². The van der Waals surface area contributed by atoms with Gasteiger partial charge in [0.1, 0.15) is 5.75 Å². The van der Waals surface area contributed by atoms with Gasteiger partial charge in [0, 0.05) is 43.1 Å². The van der Waals surface area contributed by atoms with Crippen molar-refractivity contribution in [2.45, 2.75) is 39.5 Å². The molecular formula is C24H27NO7. The van der Waals surface area contributed by atoms with Crippen LogP contribution in [-0.4, -0.2) is 55.7 Å². The number of ether oxygens (including phenoxy) is 3. The molecule has 1 aromatic rings. The zero-order valence-electron chi connectivity index (χ0n) is 18.8. The van der Waals surface area contributed by atoms with Crippen LogP contribution in [0.5, 0.6) is 5.75 Å². The number of Topliss-reactive ketones (excluding diaryl/α,β-unsaturated/α-hetero) is 2. The van der Waals surface area contributed by atoms with Crippen LogP contribution in [0.25, 0.3) is 0 Å². The second kappa shape index (κ2) is 9.80. The Balaban J connectivity index is 2.03. The Labute approximate surface area is 186 Å². The van der Waals surface area contributed by atoms with Crippen LogP contribution >= 0.6 is 0 Å². The first-order valence-corrected chi connectivity index (χ1v) is 10.5. The summed E-state index contributed by atoms with van der Waals surface area (Å²) in [6.07, 6.45) is 2.91. The van der Waals surface area contributed by atoms with E-state index >= 15 is 0 Å². The minimum absolute atomic E-state index is 0.00993.